The molecule has 3 aromatic rings. The van der Waals surface area contributed by atoms with Crippen LogP contribution < -0.4 is 16.2 Å². The number of phenols is 1. The first-order valence-corrected chi connectivity index (χ1v) is 11.1. The minimum absolute atomic E-state index is 0.0208. The van der Waals surface area contributed by atoms with Crippen LogP contribution in [0.5, 0.6) is 11.5 Å². The SMILES string of the molecule is Cc1cc(-c2cc(-c3ccc(OCC(=O)N4CCCC(CN)C4)cc3)[nH]c(=O)n2)ccc1O. The van der Waals surface area contributed by atoms with Crippen LogP contribution in [0.25, 0.3) is 22.5 Å². The molecule has 1 saturated heterocycles. The summed E-state index contributed by atoms with van der Waals surface area (Å²) in [4.78, 5) is 33.3. The maximum absolute atomic E-state index is 12.5. The number of ether oxygens (including phenoxy) is 1. The molecular weight excluding hydrogens is 420 g/mol. The summed E-state index contributed by atoms with van der Waals surface area (Å²) in [5.74, 6) is 1.09. The highest BCUT2D eigenvalue weighted by Gasteiger charge is 2.22. The third-order valence-electron chi connectivity index (χ3n) is 5.97. The molecule has 1 aliphatic rings. The Morgan fingerprint density at radius 3 is 2.70 bits per heavy atom. The van der Waals surface area contributed by atoms with E-state index >= 15 is 0 Å². The van der Waals surface area contributed by atoms with Crippen molar-refractivity contribution in [2.75, 3.05) is 26.2 Å². The third-order valence-corrected chi connectivity index (χ3v) is 5.97. The fourth-order valence-corrected chi connectivity index (χ4v) is 4.03. The molecule has 4 N–H and O–H groups in total. The number of aromatic hydroxyl groups is 1. The summed E-state index contributed by atoms with van der Waals surface area (Å²) in [7, 11) is 0. The minimum atomic E-state index is -0.462. The first kappa shape index (κ1) is 22.5. The van der Waals surface area contributed by atoms with Crippen LogP contribution in [0.1, 0.15) is 18.4 Å². The van der Waals surface area contributed by atoms with Gasteiger partial charge in [-0.3, -0.25) is 4.79 Å². The standard InChI is InChI=1S/C25H28N4O4/c1-16-11-19(6-9-23(16)30)22-12-21(27-25(32)28-22)18-4-7-20(8-5-18)33-15-24(31)29-10-2-3-17(13-26)14-29/h4-9,11-12,17,30H,2-3,10,13-15,26H2,1H3,(H,27,28,32). The number of carbonyl (C=O) groups excluding carboxylic acids is 1. The van der Waals surface area contributed by atoms with Gasteiger partial charge in [-0.25, -0.2) is 4.79 Å². The van der Waals surface area contributed by atoms with Crippen molar-refractivity contribution in [1.82, 2.24) is 14.9 Å². The lowest BCUT2D eigenvalue weighted by Gasteiger charge is -2.32. The van der Waals surface area contributed by atoms with Gasteiger partial charge >= 0.3 is 5.69 Å². The van der Waals surface area contributed by atoms with Gasteiger partial charge in [0.05, 0.1) is 11.4 Å². The molecule has 2 heterocycles. The van der Waals surface area contributed by atoms with Crippen molar-refractivity contribution in [1.29, 1.82) is 0 Å². The molecule has 8 nitrogen and oxygen atoms in total. The number of likely N-dealkylation sites (tertiary alicyclic amines) is 1. The van der Waals surface area contributed by atoms with Crippen molar-refractivity contribution in [3.8, 4) is 34.0 Å². The molecule has 2 aromatic carbocycles. The number of H-pyrrole nitrogens is 1. The number of phenolic OH excluding ortho intramolecular Hbond substituents is 1. The van der Waals surface area contributed by atoms with Gasteiger partial charge in [-0.15, -0.1) is 0 Å². The Kier molecular flexibility index (Phi) is 6.74. The largest absolute Gasteiger partial charge is 0.508 e. The zero-order chi connectivity index (χ0) is 23.4. The number of benzene rings is 2. The number of nitrogens with two attached hydrogens (primary N) is 1. The Bertz CT molecular complexity index is 1190. The molecule has 0 aliphatic carbocycles. The van der Waals surface area contributed by atoms with Crippen LogP contribution >= 0.6 is 0 Å². The van der Waals surface area contributed by atoms with Crippen LogP contribution in [0, 0.1) is 12.8 Å². The van der Waals surface area contributed by atoms with E-state index in [1.165, 1.54) is 0 Å². The lowest BCUT2D eigenvalue weighted by Crippen LogP contribution is -2.44. The van der Waals surface area contributed by atoms with Gasteiger partial charge in [-0.05, 0) is 91.9 Å². The number of aryl methyl sites for hydroxylation is 1. The van der Waals surface area contributed by atoms with E-state index in [0.29, 0.717) is 41.7 Å². The number of hydrogen-bond acceptors (Lipinski definition) is 6. The van der Waals surface area contributed by atoms with E-state index in [-0.39, 0.29) is 18.3 Å². The lowest BCUT2D eigenvalue weighted by atomic mass is 9.98. The molecule has 1 aromatic heterocycles. The zero-order valence-corrected chi connectivity index (χ0v) is 18.6. The van der Waals surface area contributed by atoms with E-state index in [9.17, 15) is 14.7 Å². The predicted molar refractivity (Wildman–Crippen MR) is 126 cm³/mol. The van der Waals surface area contributed by atoms with E-state index in [0.717, 1.165) is 30.5 Å². The Hall–Kier alpha value is -3.65. The van der Waals surface area contributed by atoms with Gasteiger partial charge in [0.1, 0.15) is 11.5 Å². The predicted octanol–water partition coefficient (Wildman–Crippen LogP) is 2.69. The number of nitrogens with one attached hydrogen (secondary N) is 1. The van der Waals surface area contributed by atoms with E-state index < -0.39 is 5.69 Å². The quantitative estimate of drug-likeness (QED) is 0.533. The highest BCUT2D eigenvalue weighted by Crippen LogP contribution is 2.27. The summed E-state index contributed by atoms with van der Waals surface area (Å²) in [6.07, 6.45) is 2.03. The fraction of sp³-hybridized carbons (Fsp3) is 0.320. The summed E-state index contributed by atoms with van der Waals surface area (Å²) in [6, 6.07) is 14.1. The second-order valence-electron chi connectivity index (χ2n) is 8.38. The molecule has 33 heavy (non-hydrogen) atoms. The Morgan fingerprint density at radius 2 is 1.97 bits per heavy atom. The smallest absolute Gasteiger partial charge is 0.345 e. The van der Waals surface area contributed by atoms with Gasteiger partial charge in [0.25, 0.3) is 5.91 Å². The summed E-state index contributed by atoms with van der Waals surface area (Å²) >= 11 is 0. The number of hydrogen-bond donors (Lipinski definition) is 3. The van der Waals surface area contributed by atoms with Crippen molar-refractivity contribution in [2.45, 2.75) is 19.8 Å². The van der Waals surface area contributed by atoms with Gasteiger partial charge < -0.3 is 25.5 Å². The van der Waals surface area contributed by atoms with Crippen LogP contribution in [0.2, 0.25) is 0 Å². The number of amides is 1. The van der Waals surface area contributed by atoms with Crippen molar-refractivity contribution < 1.29 is 14.6 Å². The second kappa shape index (κ2) is 9.87. The Labute approximate surface area is 192 Å². The summed E-state index contributed by atoms with van der Waals surface area (Å²) in [6.45, 7) is 3.80. The monoisotopic (exact) mass is 448 g/mol. The number of aromatic nitrogens is 2. The molecule has 0 saturated carbocycles. The second-order valence-corrected chi connectivity index (χ2v) is 8.38. The molecule has 172 valence electrons. The van der Waals surface area contributed by atoms with E-state index in [1.807, 2.05) is 17.0 Å². The first-order valence-electron chi connectivity index (χ1n) is 11.1. The highest BCUT2D eigenvalue weighted by molar-refractivity contribution is 5.78. The summed E-state index contributed by atoms with van der Waals surface area (Å²) in [5, 5.41) is 9.75. The van der Waals surface area contributed by atoms with Gasteiger partial charge in [0.15, 0.2) is 6.61 Å². The maximum Gasteiger partial charge on any atom is 0.345 e. The number of carbonyl (C=O) groups is 1. The van der Waals surface area contributed by atoms with Crippen molar-refractivity contribution in [3.05, 3.63) is 64.6 Å². The number of rotatable bonds is 6. The molecule has 4 rings (SSSR count). The number of aromatic amines is 1. The van der Waals surface area contributed by atoms with Crippen LogP contribution in [-0.2, 0) is 4.79 Å². The van der Waals surface area contributed by atoms with Gasteiger partial charge in [0.2, 0.25) is 0 Å². The van der Waals surface area contributed by atoms with Crippen molar-refractivity contribution in [3.63, 3.8) is 0 Å². The third kappa shape index (κ3) is 5.40. The van der Waals surface area contributed by atoms with Crippen LogP contribution in [0.15, 0.2) is 53.3 Å². The average molecular weight is 449 g/mol. The van der Waals surface area contributed by atoms with E-state index in [1.54, 1.807) is 43.3 Å². The molecule has 1 unspecified atom stereocenters. The van der Waals surface area contributed by atoms with Crippen LogP contribution in [0.4, 0.5) is 0 Å². The number of piperidine rings is 1. The first-order chi connectivity index (χ1) is 15.9. The normalized spacial score (nSPS) is 15.9. The lowest BCUT2D eigenvalue weighted by molar-refractivity contribution is -0.135. The topological polar surface area (TPSA) is 122 Å². The highest BCUT2D eigenvalue weighted by atomic mass is 16.5. The maximum atomic E-state index is 12.5. The van der Waals surface area contributed by atoms with Crippen molar-refractivity contribution >= 4 is 5.91 Å². The Balaban J connectivity index is 1.45. The van der Waals surface area contributed by atoms with Crippen LogP contribution in [0.3, 0.4) is 0 Å². The molecule has 1 atom stereocenters. The zero-order valence-electron chi connectivity index (χ0n) is 18.6. The molecule has 8 heteroatoms. The number of nitrogens with zero attached hydrogens (tertiary/aromatic N) is 2. The van der Waals surface area contributed by atoms with E-state index in [2.05, 4.69) is 9.97 Å². The average Bonchev–Trinajstić information content (AvgIpc) is 2.84. The van der Waals surface area contributed by atoms with Gasteiger partial charge in [-0.1, -0.05) is 0 Å². The minimum Gasteiger partial charge on any atom is -0.508 e. The van der Waals surface area contributed by atoms with Crippen LogP contribution in [-0.4, -0.2) is 52.1 Å². The molecule has 1 aliphatic heterocycles. The summed E-state index contributed by atoms with van der Waals surface area (Å²) in [5.41, 5.74) is 8.64. The Morgan fingerprint density at radius 1 is 1.21 bits per heavy atom. The molecule has 0 radical (unpaired) electrons. The van der Waals surface area contributed by atoms with E-state index in [4.69, 9.17) is 10.5 Å². The van der Waals surface area contributed by atoms with Gasteiger partial charge in [0, 0.05) is 18.7 Å². The molecule has 1 amide bonds. The summed E-state index contributed by atoms with van der Waals surface area (Å²) < 4.78 is 5.69. The molecular formula is C25H28N4O4. The fourth-order valence-electron chi connectivity index (χ4n) is 4.03. The molecule has 1 fully saturated rings. The molecule has 0 bridgehead atoms. The van der Waals surface area contributed by atoms with Crippen molar-refractivity contribution in [2.24, 2.45) is 11.7 Å². The molecule has 0 spiro atoms. The van der Waals surface area contributed by atoms with Gasteiger partial charge in [-0.2, -0.15) is 4.98 Å².